The van der Waals surface area contributed by atoms with E-state index in [9.17, 15) is 4.79 Å². The Kier molecular flexibility index (Phi) is 5.40. The largest absolute Gasteiger partial charge is 0.486 e. The van der Waals surface area contributed by atoms with Crippen molar-refractivity contribution in [2.45, 2.75) is 50.9 Å². The minimum atomic E-state index is -0.863. The molecule has 6 nitrogen and oxygen atoms in total. The van der Waals surface area contributed by atoms with Crippen LogP contribution in [0, 0.1) is 0 Å². The number of carbonyl (C=O) groups is 1. The first-order valence-electron chi connectivity index (χ1n) is 8.18. The Labute approximate surface area is 145 Å². The summed E-state index contributed by atoms with van der Waals surface area (Å²) < 4.78 is 7.79. The van der Waals surface area contributed by atoms with Gasteiger partial charge in [0.25, 0.3) is 0 Å². The van der Waals surface area contributed by atoms with Gasteiger partial charge >= 0.3 is 5.97 Å². The van der Waals surface area contributed by atoms with Crippen LogP contribution in [-0.4, -0.2) is 31.6 Å². The number of fused-ring (bicyclic) bond motifs is 1. The van der Waals surface area contributed by atoms with Crippen LogP contribution >= 0.6 is 11.8 Å². The fourth-order valence-electron chi connectivity index (χ4n) is 2.92. The van der Waals surface area contributed by atoms with E-state index in [0.717, 1.165) is 18.6 Å². The van der Waals surface area contributed by atoms with Gasteiger partial charge in [-0.25, -0.2) is 0 Å². The highest BCUT2D eigenvalue weighted by Crippen LogP contribution is 2.26. The van der Waals surface area contributed by atoms with E-state index in [1.807, 2.05) is 17.6 Å². The first kappa shape index (κ1) is 16.8. The molecule has 0 radical (unpaired) electrons. The van der Waals surface area contributed by atoms with E-state index in [1.54, 1.807) is 0 Å². The minimum Gasteiger partial charge on any atom is -0.486 e. The van der Waals surface area contributed by atoms with Gasteiger partial charge in [-0.2, -0.15) is 0 Å². The van der Waals surface area contributed by atoms with Gasteiger partial charge in [-0.3, -0.25) is 4.79 Å². The number of benzene rings is 1. The average Bonchev–Trinajstić information content (AvgIpc) is 2.99. The van der Waals surface area contributed by atoms with Gasteiger partial charge in [0.1, 0.15) is 12.4 Å². The van der Waals surface area contributed by atoms with Gasteiger partial charge in [-0.05, 0) is 55.9 Å². The molecular formula is C17H21N3O3S. The molecule has 1 N–H and O–H groups in total. The Balaban J connectivity index is 1.67. The van der Waals surface area contributed by atoms with Crippen LogP contribution in [0.5, 0.6) is 5.75 Å². The molecule has 1 heterocycles. The number of nitrogens with zero attached hydrogens (tertiary/aromatic N) is 3. The lowest BCUT2D eigenvalue weighted by atomic mass is 9.92. The van der Waals surface area contributed by atoms with Crippen molar-refractivity contribution in [3.05, 3.63) is 35.2 Å². The number of carboxylic acids is 1. The molecule has 0 aliphatic heterocycles. The predicted molar refractivity (Wildman–Crippen MR) is 91.5 cm³/mol. The summed E-state index contributed by atoms with van der Waals surface area (Å²) in [6.07, 6.45) is 4.78. The SMILES string of the molecule is CCn1c(COc2ccc3c(c2)CCCC3)nnc1SCC(=O)O. The quantitative estimate of drug-likeness (QED) is 0.776. The molecule has 3 rings (SSSR count). The van der Waals surface area contributed by atoms with Gasteiger partial charge in [0.05, 0.1) is 5.75 Å². The molecule has 1 aliphatic rings. The smallest absolute Gasteiger partial charge is 0.313 e. The number of aromatic nitrogens is 3. The average molecular weight is 347 g/mol. The van der Waals surface area contributed by atoms with Crippen LogP contribution < -0.4 is 4.74 Å². The van der Waals surface area contributed by atoms with Crippen molar-refractivity contribution in [1.29, 1.82) is 0 Å². The zero-order valence-electron chi connectivity index (χ0n) is 13.7. The number of hydrogen-bond donors (Lipinski definition) is 1. The molecule has 0 saturated carbocycles. The number of rotatable bonds is 7. The van der Waals surface area contributed by atoms with Crippen LogP contribution in [0.15, 0.2) is 23.4 Å². The molecule has 0 amide bonds. The van der Waals surface area contributed by atoms with Crippen molar-refractivity contribution in [3.63, 3.8) is 0 Å². The van der Waals surface area contributed by atoms with E-state index >= 15 is 0 Å². The van der Waals surface area contributed by atoms with Gasteiger partial charge < -0.3 is 14.4 Å². The van der Waals surface area contributed by atoms with Crippen molar-refractivity contribution in [1.82, 2.24) is 14.8 Å². The normalized spacial score (nSPS) is 13.5. The second-order valence-electron chi connectivity index (χ2n) is 5.75. The van der Waals surface area contributed by atoms with Crippen LogP contribution in [0.2, 0.25) is 0 Å². The number of carboxylic acid groups (broad SMARTS) is 1. The number of aryl methyl sites for hydroxylation is 2. The maximum Gasteiger partial charge on any atom is 0.313 e. The van der Waals surface area contributed by atoms with Gasteiger partial charge in [-0.1, -0.05) is 17.8 Å². The number of ether oxygens (including phenoxy) is 1. The van der Waals surface area contributed by atoms with Crippen LogP contribution in [0.1, 0.15) is 36.7 Å². The summed E-state index contributed by atoms with van der Waals surface area (Å²) in [4.78, 5) is 10.7. The molecule has 128 valence electrons. The fraction of sp³-hybridized carbons (Fsp3) is 0.471. The fourth-order valence-corrected chi connectivity index (χ4v) is 3.67. The van der Waals surface area contributed by atoms with Gasteiger partial charge in [-0.15, -0.1) is 10.2 Å². The van der Waals surface area contributed by atoms with Crippen molar-refractivity contribution in [2.75, 3.05) is 5.75 Å². The molecule has 2 aromatic rings. The molecule has 0 spiro atoms. The first-order valence-corrected chi connectivity index (χ1v) is 9.17. The molecule has 0 bridgehead atoms. The maximum absolute atomic E-state index is 10.7. The zero-order valence-corrected chi connectivity index (χ0v) is 14.5. The van der Waals surface area contributed by atoms with Crippen LogP contribution in [0.25, 0.3) is 0 Å². The highest BCUT2D eigenvalue weighted by molar-refractivity contribution is 7.99. The van der Waals surface area contributed by atoms with Gasteiger partial charge in [0.2, 0.25) is 0 Å². The molecule has 1 aromatic carbocycles. The Bertz CT molecular complexity index is 730. The van der Waals surface area contributed by atoms with Crippen LogP contribution in [0.3, 0.4) is 0 Å². The van der Waals surface area contributed by atoms with E-state index < -0.39 is 5.97 Å². The Morgan fingerprint density at radius 3 is 2.83 bits per heavy atom. The maximum atomic E-state index is 10.7. The lowest BCUT2D eigenvalue weighted by molar-refractivity contribution is -0.133. The minimum absolute atomic E-state index is 0.0240. The summed E-state index contributed by atoms with van der Waals surface area (Å²) >= 11 is 1.18. The lowest BCUT2D eigenvalue weighted by Crippen LogP contribution is -2.08. The van der Waals surface area contributed by atoms with Crippen molar-refractivity contribution in [2.24, 2.45) is 0 Å². The zero-order chi connectivity index (χ0) is 16.9. The Morgan fingerprint density at radius 2 is 2.08 bits per heavy atom. The van der Waals surface area contributed by atoms with Crippen molar-refractivity contribution >= 4 is 17.7 Å². The van der Waals surface area contributed by atoms with Crippen LogP contribution in [-0.2, 0) is 30.8 Å². The topological polar surface area (TPSA) is 77.2 Å². The summed E-state index contributed by atoms with van der Waals surface area (Å²) in [5.41, 5.74) is 2.81. The summed E-state index contributed by atoms with van der Waals surface area (Å²) in [5.74, 6) is 0.672. The van der Waals surface area contributed by atoms with E-state index in [4.69, 9.17) is 9.84 Å². The molecule has 1 aliphatic carbocycles. The third kappa shape index (κ3) is 3.90. The Morgan fingerprint density at radius 1 is 1.29 bits per heavy atom. The molecule has 7 heteroatoms. The van der Waals surface area contributed by atoms with E-state index in [2.05, 4.69) is 22.3 Å². The second kappa shape index (κ2) is 7.70. The summed E-state index contributed by atoms with van der Waals surface area (Å²) in [5, 5.41) is 17.6. The molecule has 0 fully saturated rings. The highest BCUT2D eigenvalue weighted by Gasteiger charge is 2.14. The molecule has 1 aromatic heterocycles. The molecular weight excluding hydrogens is 326 g/mol. The Hall–Kier alpha value is -2.02. The first-order chi connectivity index (χ1) is 11.7. The van der Waals surface area contributed by atoms with Gasteiger partial charge in [0, 0.05) is 6.54 Å². The molecule has 0 saturated heterocycles. The third-order valence-electron chi connectivity index (χ3n) is 4.12. The van der Waals surface area contributed by atoms with Crippen molar-refractivity contribution < 1.29 is 14.6 Å². The standard InChI is InChI=1S/C17H21N3O3S/c1-2-20-15(18-19-17(20)24-11-16(21)22)10-23-14-8-7-12-5-3-4-6-13(12)9-14/h7-9H,2-6,10-11H2,1H3,(H,21,22). The van der Waals surface area contributed by atoms with E-state index in [0.29, 0.717) is 24.1 Å². The summed E-state index contributed by atoms with van der Waals surface area (Å²) in [6.45, 7) is 2.99. The molecule has 24 heavy (non-hydrogen) atoms. The number of aliphatic carboxylic acids is 1. The third-order valence-corrected chi connectivity index (χ3v) is 5.07. The number of hydrogen-bond acceptors (Lipinski definition) is 5. The predicted octanol–water partition coefficient (Wildman–Crippen LogP) is 2.93. The number of thioether (sulfide) groups is 1. The summed E-state index contributed by atoms with van der Waals surface area (Å²) in [7, 11) is 0. The highest BCUT2D eigenvalue weighted by atomic mass is 32.2. The lowest BCUT2D eigenvalue weighted by Gasteiger charge is -2.16. The van der Waals surface area contributed by atoms with Crippen molar-refractivity contribution in [3.8, 4) is 5.75 Å². The summed E-state index contributed by atoms with van der Waals surface area (Å²) in [6, 6.07) is 6.29. The molecule has 0 atom stereocenters. The van der Waals surface area contributed by atoms with Crippen LogP contribution in [0.4, 0.5) is 0 Å². The van der Waals surface area contributed by atoms with E-state index in [1.165, 1.54) is 35.7 Å². The molecule has 0 unspecified atom stereocenters. The second-order valence-corrected chi connectivity index (χ2v) is 6.69. The van der Waals surface area contributed by atoms with Gasteiger partial charge in [0.15, 0.2) is 11.0 Å². The van der Waals surface area contributed by atoms with E-state index in [-0.39, 0.29) is 5.75 Å². The monoisotopic (exact) mass is 347 g/mol.